The zero-order valence-corrected chi connectivity index (χ0v) is 21.0. The van der Waals surface area contributed by atoms with Crippen LogP contribution in [0.1, 0.15) is 19.3 Å². The van der Waals surface area contributed by atoms with Gasteiger partial charge in [0.05, 0.1) is 32.9 Å². The van der Waals surface area contributed by atoms with Crippen molar-refractivity contribution in [1.82, 2.24) is 14.9 Å². The molecule has 1 N–H and O–H groups in total. The van der Waals surface area contributed by atoms with Crippen LogP contribution in [0.15, 0.2) is 47.2 Å². The number of fused-ring (bicyclic) bond motifs is 1. The zero-order valence-electron chi connectivity index (χ0n) is 19.4. The smallest absolute Gasteiger partial charge is 0.319 e. The fourth-order valence-corrected chi connectivity index (χ4v) is 4.55. The first kappa shape index (κ1) is 24.2. The Labute approximate surface area is 207 Å². The van der Waals surface area contributed by atoms with Crippen molar-refractivity contribution in [2.24, 2.45) is 5.92 Å². The van der Waals surface area contributed by atoms with E-state index in [9.17, 15) is 4.79 Å². The lowest BCUT2D eigenvalue weighted by molar-refractivity contribution is -0.142. The maximum absolute atomic E-state index is 11.5. The van der Waals surface area contributed by atoms with Gasteiger partial charge in [0, 0.05) is 21.6 Å². The van der Waals surface area contributed by atoms with Gasteiger partial charge in [0.25, 0.3) is 0 Å². The number of nitrogens with one attached hydrogen (secondary N) is 1. The molecule has 0 atom stereocenters. The average Bonchev–Trinajstić information content (AvgIpc) is 2.85. The van der Waals surface area contributed by atoms with E-state index in [2.05, 4.69) is 36.1 Å². The van der Waals surface area contributed by atoms with Gasteiger partial charge in [-0.25, -0.2) is 9.97 Å². The molecule has 2 aromatic carbocycles. The molecule has 4 rings (SSSR count). The zero-order chi connectivity index (χ0) is 23.9. The van der Waals surface area contributed by atoms with Gasteiger partial charge in [-0.2, -0.15) is 0 Å². The van der Waals surface area contributed by atoms with Gasteiger partial charge in [-0.3, -0.25) is 9.69 Å². The van der Waals surface area contributed by atoms with Crippen LogP contribution in [0.3, 0.4) is 0 Å². The highest BCUT2D eigenvalue weighted by molar-refractivity contribution is 9.10. The van der Waals surface area contributed by atoms with E-state index in [1.54, 1.807) is 7.11 Å². The van der Waals surface area contributed by atoms with Gasteiger partial charge in [-0.1, -0.05) is 22.0 Å². The molecule has 0 spiro atoms. The summed E-state index contributed by atoms with van der Waals surface area (Å²) in [5.74, 6) is 2.41. The molecule has 180 valence electrons. The van der Waals surface area contributed by atoms with E-state index in [0.29, 0.717) is 36.4 Å². The van der Waals surface area contributed by atoms with E-state index in [1.165, 1.54) is 13.4 Å². The molecule has 1 aliphatic heterocycles. The van der Waals surface area contributed by atoms with E-state index in [0.717, 1.165) is 53.4 Å². The van der Waals surface area contributed by atoms with Crippen molar-refractivity contribution in [1.29, 1.82) is 0 Å². The molecule has 2 heterocycles. The van der Waals surface area contributed by atoms with Crippen LogP contribution in [0.5, 0.6) is 11.5 Å². The molecule has 0 amide bonds. The number of benzene rings is 2. The van der Waals surface area contributed by atoms with Crippen LogP contribution >= 0.6 is 15.9 Å². The number of esters is 1. The number of halogens is 1. The number of carbonyl (C=O) groups is 1. The molecule has 0 saturated carbocycles. The molecular weight excluding hydrogens is 500 g/mol. The molecule has 0 unspecified atom stereocenters. The maximum atomic E-state index is 11.5. The summed E-state index contributed by atoms with van der Waals surface area (Å²) in [6.45, 7) is 2.76. The van der Waals surface area contributed by atoms with Crippen LogP contribution in [-0.2, 0) is 9.53 Å². The first-order valence-corrected chi connectivity index (χ1v) is 12.1. The highest BCUT2D eigenvalue weighted by Gasteiger charge is 2.21. The van der Waals surface area contributed by atoms with Crippen molar-refractivity contribution >= 4 is 44.3 Å². The minimum Gasteiger partial charge on any atom is -0.493 e. The molecule has 3 aromatic rings. The van der Waals surface area contributed by atoms with Crippen LogP contribution < -0.4 is 14.8 Å². The predicted octanol–water partition coefficient (Wildman–Crippen LogP) is 4.80. The minimum absolute atomic E-state index is 0.178. The summed E-state index contributed by atoms with van der Waals surface area (Å²) in [6, 6.07) is 11.7. The summed E-state index contributed by atoms with van der Waals surface area (Å²) in [5, 5.41) is 4.22. The Morgan fingerprint density at radius 1 is 1.15 bits per heavy atom. The number of carbonyl (C=O) groups excluding carboxylic acids is 1. The average molecular weight is 529 g/mol. The monoisotopic (exact) mass is 528 g/mol. The number of hydrogen-bond donors (Lipinski definition) is 1. The summed E-state index contributed by atoms with van der Waals surface area (Å²) in [7, 11) is 3.06. The Balaban J connectivity index is 1.41. The third kappa shape index (κ3) is 6.15. The fourth-order valence-electron chi connectivity index (χ4n) is 4.15. The van der Waals surface area contributed by atoms with E-state index >= 15 is 0 Å². The van der Waals surface area contributed by atoms with Crippen molar-refractivity contribution < 1.29 is 19.0 Å². The lowest BCUT2D eigenvalue weighted by atomic mass is 9.94. The van der Waals surface area contributed by atoms with Gasteiger partial charge < -0.3 is 19.5 Å². The second-order valence-electron chi connectivity index (χ2n) is 8.31. The van der Waals surface area contributed by atoms with Crippen molar-refractivity contribution in [2.45, 2.75) is 19.3 Å². The third-order valence-electron chi connectivity index (χ3n) is 6.08. The molecule has 0 aliphatic carbocycles. The quantitative estimate of drug-likeness (QED) is 0.396. The van der Waals surface area contributed by atoms with Gasteiger partial charge in [0.2, 0.25) is 0 Å². The molecule has 1 fully saturated rings. The Morgan fingerprint density at radius 3 is 2.71 bits per heavy atom. The lowest BCUT2D eigenvalue weighted by Crippen LogP contribution is -2.38. The van der Waals surface area contributed by atoms with Gasteiger partial charge in [-0.15, -0.1) is 0 Å². The van der Waals surface area contributed by atoms with E-state index in [-0.39, 0.29) is 5.97 Å². The molecule has 1 aromatic heterocycles. The van der Waals surface area contributed by atoms with E-state index in [1.807, 2.05) is 36.4 Å². The molecular formula is C25H29BrN4O4. The molecule has 0 radical (unpaired) electrons. The van der Waals surface area contributed by atoms with Crippen molar-refractivity contribution in [3.05, 3.63) is 47.2 Å². The van der Waals surface area contributed by atoms with Crippen LogP contribution in [0.25, 0.3) is 10.9 Å². The van der Waals surface area contributed by atoms with Crippen molar-refractivity contribution in [3.63, 3.8) is 0 Å². The number of piperidine rings is 1. The summed E-state index contributed by atoms with van der Waals surface area (Å²) in [5.41, 5.74) is 1.70. The lowest BCUT2D eigenvalue weighted by Gasteiger charge is -2.31. The maximum Gasteiger partial charge on any atom is 0.319 e. The first-order valence-electron chi connectivity index (χ1n) is 11.3. The van der Waals surface area contributed by atoms with Gasteiger partial charge in [-0.05, 0) is 62.5 Å². The highest BCUT2D eigenvalue weighted by Crippen LogP contribution is 2.35. The van der Waals surface area contributed by atoms with Crippen LogP contribution in [-0.4, -0.2) is 61.3 Å². The fraction of sp³-hybridized carbons (Fsp3) is 0.400. The Kier molecular flexibility index (Phi) is 8.18. The van der Waals surface area contributed by atoms with Crippen molar-refractivity contribution in [2.75, 3.05) is 45.8 Å². The minimum atomic E-state index is -0.178. The second-order valence-corrected chi connectivity index (χ2v) is 9.23. The standard InChI is InChI=1S/C25H29BrN4O4/c1-32-22-14-21-20(25(28-16-27-21)29-19-5-3-4-18(26)12-19)13-23(22)34-11-8-17-6-9-30(10-7-17)15-24(31)33-2/h3-5,12-14,16-17H,6-11,15H2,1-2H3,(H,27,28,29). The third-order valence-corrected chi connectivity index (χ3v) is 6.57. The summed E-state index contributed by atoms with van der Waals surface area (Å²) >= 11 is 3.50. The van der Waals surface area contributed by atoms with E-state index in [4.69, 9.17) is 14.2 Å². The molecule has 0 bridgehead atoms. The largest absolute Gasteiger partial charge is 0.493 e. The van der Waals surface area contributed by atoms with Gasteiger partial charge in [0.15, 0.2) is 11.5 Å². The number of likely N-dealkylation sites (tertiary alicyclic amines) is 1. The number of methoxy groups -OCH3 is 2. The summed E-state index contributed by atoms with van der Waals surface area (Å²) in [6.07, 6.45) is 4.57. The van der Waals surface area contributed by atoms with Crippen LogP contribution in [0, 0.1) is 5.92 Å². The van der Waals surface area contributed by atoms with Gasteiger partial charge >= 0.3 is 5.97 Å². The normalized spacial score (nSPS) is 14.7. The number of aromatic nitrogens is 2. The van der Waals surface area contributed by atoms with Crippen LogP contribution in [0.4, 0.5) is 11.5 Å². The Hall–Kier alpha value is -2.91. The number of rotatable bonds is 9. The number of ether oxygens (including phenoxy) is 3. The van der Waals surface area contributed by atoms with Crippen LogP contribution in [0.2, 0.25) is 0 Å². The molecule has 1 aliphatic rings. The number of hydrogen-bond acceptors (Lipinski definition) is 8. The highest BCUT2D eigenvalue weighted by atomic mass is 79.9. The molecule has 9 heteroatoms. The topological polar surface area (TPSA) is 85.8 Å². The SMILES string of the molecule is COC(=O)CN1CCC(CCOc2cc3c(Nc4cccc(Br)c4)ncnc3cc2OC)CC1. The predicted molar refractivity (Wildman–Crippen MR) is 135 cm³/mol. The van der Waals surface area contributed by atoms with Crippen molar-refractivity contribution in [3.8, 4) is 11.5 Å². The molecule has 34 heavy (non-hydrogen) atoms. The molecule has 1 saturated heterocycles. The van der Waals surface area contributed by atoms with E-state index < -0.39 is 0 Å². The van der Waals surface area contributed by atoms with Gasteiger partial charge in [0.1, 0.15) is 12.1 Å². The first-order chi connectivity index (χ1) is 16.6. The number of anilines is 2. The summed E-state index contributed by atoms with van der Waals surface area (Å²) in [4.78, 5) is 22.5. The number of nitrogens with zero attached hydrogens (tertiary/aromatic N) is 3. The summed E-state index contributed by atoms with van der Waals surface area (Å²) < 4.78 is 17.5. The Bertz CT molecular complexity index is 1140. The second kappa shape index (κ2) is 11.5. The Morgan fingerprint density at radius 2 is 1.97 bits per heavy atom. The molecule has 8 nitrogen and oxygen atoms in total.